The normalized spacial score (nSPS) is 11.6. The second-order valence-electron chi connectivity index (χ2n) is 8.54. The van der Waals surface area contributed by atoms with Gasteiger partial charge in [-0.15, -0.1) is 0 Å². The topological polar surface area (TPSA) is 179 Å². The van der Waals surface area contributed by atoms with E-state index in [2.05, 4.69) is 20.9 Å². The van der Waals surface area contributed by atoms with Gasteiger partial charge >= 0.3 is 12.2 Å². The quantitative estimate of drug-likeness (QED) is 0.144. The molecule has 3 amide bonds. The first-order valence-corrected chi connectivity index (χ1v) is 11.4. The molecule has 0 spiro atoms. The molecule has 0 aromatic heterocycles. The fourth-order valence-corrected chi connectivity index (χ4v) is 2.69. The first-order chi connectivity index (χ1) is 16.6. The lowest BCUT2D eigenvalue weighted by molar-refractivity contribution is -0.123. The highest BCUT2D eigenvalue weighted by Crippen LogP contribution is 2.06. The van der Waals surface area contributed by atoms with Crippen molar-refractivity contribution in [3.05, 3.63) is 35.9 Å². The van der Waals surface area contributed by atoms with E-state index in [4.69, 9.17) is 25.7 Å². The van der Waals surface area contributed by atoms with Crippen LogP contribution in [0.4, 0.5) is 9.59 Å². The van der Waals surface area contributed by atoms with Crippen LogP contribution in [-0.4, -0.2) is 68.5 Å². The largest absolute Gasteiger partial charge is 0.445 e. The Hall–Kier alpha value is -3.54. The Morgan fingerprint density at radius 1 is 1.00 bits per heavy atom. The van der Waals surface area contributed by atoms with Crippen molar-refractivity contribution in [2.75, 3.05) is 32.8 Å². The highest BCUT2D eigenvalue weighted by molar-refractivity contribution is 5.85. The summed E-state index contributed by atoms with van der Waals surface area (Å²) in [5.74, 6) is -0.429. The summed E-state index contributed by atoms with van der Waals surface area (Å²) in [5.41, 5.74) is 10.9. The van der Waals surface area contributed by atoms with Crippen molar-refractivity contribution in [2.24, 2.45) is 16.5 Å². The minimum atomic E-state index is -0.832. The molecule has 0 aliphatic carbocycles. The van der Waals surface area contributed by atoms with Crippen molar-refractivity contribution in [3.63, 3.8) is 0 Å². The number of carbonyl (C=O) groups excluding carboxylic acids is 3. The molecule has 1 rings (SSSR count). The maximum absolute atomic E-state index is 12.6. The Morgan fingerprint density at radius 2 is 1.66 bits per heavy atom. The van der Waals surface area contributed by atoms with Gasteiger partial charge < -0.3 is 41.6 Å². The number of guanidine groups is 1. The molecule has 0 aliphatic rings. The number of aliphatic imine (C=N–C) groups is 1. The summed E-state index contributed by atoms with van der Waals surface area (Å²) >= 11 is 0. The molecule has 1 aromatic rings. The van der Waals surface area contributed by atoms with Gasteiger partial charge in [-0.25, -0.2) is 9.59 Å². The summed E-state index contributed by atoms with van der Waals surface area (Å²) in [7, 11) is 0. The molecule has 12 nitrogen and oxygen atoms in total. The molecule has 0 bridgehead atoms. The summed E-state index contributed by atoms with van der Waals surface area (Å²) in [5, 5.41) is 7.87. The lowest BCUT2D eigenvalue weighted by Gasteiger charge is -2.19. The second-order valence-corrected chi connectivity index (χ2v) is 8.54. The van der Waals surface area contributed by atoms with E-state index in [1.165, 1.54) is 0 Å². The SMILES string of the molecule is CC(C)(C)OC(=O)NCCOCCNC(=O)[C@H](CCCN=C(N)N)NC(=O)OCc1ccccc1. The molecule has 0 radical (unpaired) electrons. The summed E-state index contributed by atoms with van der Waals surface area (Å²) in [4.78, 5) is 40.3. The van der Waals surface area contributed by atoms with Crippen LogP contribution in [-0.2, 0) is 25.6 Å². The van der Waals surface area contributed by atoms with Crippen molar-refractivity contribution in [2.45, 2.75) is 51.9 Å². The molecule has 196 valence electrons. The van der Waals surface area contributed by atoms with Crippen molar-refractivity contribution in [1.82, 2.24) is 16.0 Å². The van der Waals surface area contributed by atoms with E-state index in [-0.39, 0.29) is 44.8 Å². The van der Waals surface area contributed by atoms with Gasteiger partial charge in [-0.05, 0) is 39.2 Å². The van der Waals surface area contributed by atoms with Gasteiger partial charge in [0, 0.05) is 19.6 Å². The van der Waals surface area contributed by atoms with E-state index < -0.39 is 23.8 Å². The van der Waals surface area contributed by atoms with Crippen molar-refractivity contribution in [3.8, 4) is 0 Å². The molecular formula is C23H38N6O6. The number of hydrogen-bond acceptors (Lipinski definition) is 7. The van der Waals surface area contributed by atoms with Crippen LogP contribution < -0.4 is 27.4 Å². The minimum absolute atomic E-state index is 0.0421. The van der Waals surface area contributed by atoms with Crippen LogP contribution in [0.15, 0.2) is 35.3 Å². The third-order valence-electron chi connectivity index (χ3n) is 4.23. The van der Waals surface area contributed by atoms with Gasteiger partial charge in [-0.3, -0.25) is 9.79 Å². The van der Waals surface area contributed by atoms with Crippen molar-refractivity contribution >= 4 is 24.1 Å². The maximum Gasteiger partial charge on any atom is 0.408 e. The van der Waals surface area contributed by atoms with Crippen LogP contribution in [0.1, 0.15) is 39.2 Å². The molecule has 0 unspecified atom stereocenters. The highest BCUT2D eigenvalue weighted by atomic mass is 16.6. The number of benzene rings is 1. The molecule has 1 atom stereocenters. The van der Waals surface area contributed by atoms with Gasteiger partial charge in [0.2, 0.25) is 5.91 Å². The fraction of sp³-hybridized carbons (Fsp3) is 0.565. The predicted molar refractivity (Wildman–Crippen MR) is 132 cm³/mol. The van der Waals surface area contributed by atoms with Gasteiger partial charge in [0.1, 0.15) is 18.2 Å². The zero-order chi connectivity index (χ0) is 26.1. The van der Waals surface area contributed by atoms with Gasteiger partial charge in [0.15, 0.2) is 5.96 Å². The molecule has 0 heterocycles. The van der Waals surface area contributed by atoms with E-state index >= 15 is 0 Å². The van der Waals surface area contributed by atoms with Crippen LogP contribution in [0.5, 0.6) is 0 Å². The van der Waals surface area contributed by atoms with Crippen LogP contribution in [0.2, 0.25) is 0 Å². The Bertz CT molecular complexity index is 808. The Morgan fingerprint density at radius 3 is 2.29 bits per heavy atom. The Kier molecular flexibility index (Phi) is 13.6. The monoisotopic (exact) mass is 494 g/mol. The van der Waals surface area contributed by atoms with Crippen LogP contribution in [0, 0.1) is 0 Å². The van der Waals surface area contributed by atoms with Crippen LogP contribution in [0.25, 0.3) is 0 Å². The number of rotatable bonds is 14. The van der Waals surface area contributed by atoms with Crippen LogP contribution in [0.3, 0.4) is 0 Å². The van der Waals surface area contributed by atoms with Gasteiger partial charge in [0.25, 0.3) is 0 Å². The number of nitrogens with two attached hydrogens (primary N) is 2. The third-order valence-corrected chi connectivity index (χ3v) is 4.23. The molecule has 0 fully saturated rings. The summed E-state index contributed by atoms with van der Waals surface area (Å²) < 4.78 is 15.7. The van der Waals surface area contributed by atoms with Crippen LogP contribution >= 0.6 is 0 Å². The number of carbonyl (C=O) groups is 3. The van der Waals surface area contributed by atoms with Crippen molar-refractivity contribution in [1.29, 1.82) is 0 Å². The number of amides is 3. The van der Waals surface area contributed by atoms with E-state index in [9.17, 15) is 14.4 Å². The molecule has 7 N–H and O–H groups in total. The van der Waals surface area contributed by atoms with Gasteiger partial charge in [-0.2, -0.15) is 0 Å². The second kappa shape index (κ2) is 16.1. The average molecular weight is 495 g/mol. The molecular weight excluding hydrogens is 456 g/mol. The Balaban J connectivity index is 2.38. The van der Waals surface area contributed by atoms with E-state index in [1.807, 2.05) is 30.3 Å². The minimum Gasteiger partial charge on any atom is -0.445 e. The maximum atomic E-state index is 12.6. The number of nitrogens with zero attached hydrogens (tertiary/aromatic N) is 1. The van der Waals surface area contributed by atoms with Gasteiger partial charge in [-0.1, -0.05) is 30.3 Å². The first kappa shape index (κ1) is 29.5. The van der Waals surface area contributed by atoms with Gasteiger partial charge in [0.05, 0.1) is 13.2 Å². The van der Waals surface area contributed by atoms with E-state index in [1.54, 1.807) is 20.8 Å². The van der Waals surface area contributed by atoms with Crippen molar-refractivity contribution < 1.29 is 28.6 Å². The zero-order valence-corrected chi connectivity index (χ0v) is 20.7. The molecule has 1 aromatic carbocycles. The third kappa shape index (κ3) is 15.8. The number of hydrogen-bond donors (Lipinski definition) is 5. The molecule has 0 saturated carbocycles. The zero-order valence-electron chi connectivity index (χ0n) is 20.7. The van der Waals surface area contributed by atoms with E-state index in [0.29, 0.717) is 19.4 Å². The smallest absolute Gasteiger partial charge is 0.408 e. The molecule has 0 aliphatic heterocycles. The lowest BCUT2D eigenvalue weighted by atomic mass is 10.1. The summed E-state index contributed by atoms with van der Waals surface area (Å²) in [6, 6.07) is 8.37. The standard InChI is InChI=1S/C23H38N6O6/c1-23(2,3)35-21(31)28-13-15-33-14-12-26-19(30)18(10-7-11-27-20(24)25)29-22(32)34-16-17-8-5-4-6-9-17/h4-6,8-9,18H,7,10-16H2,1-3H3,(H,26,30)(H,28,31)(H,29,32)(H4,24,25,27)/t18-/m0/s1. The average Bonchev–Trinajstić information content (AvgIpc) is 2.78. The molecule has 35 heavy (non-hydrogen) atoms. The molecule has 12 heteroatoms. The number of nitrogens with one attached hydrogen (secondary N) is 3. The fourth-order valence-electron chi connectivity index (χ4n) is 2.69. The number of ether oxygens (including phenoxy) is 3. The lowest BCUT2D eigenvalue weighted by Crippen LogP contribution is -2.47. The summed E-state index contributed by atoms with van der Waals surface area (Å²) in [6.45, 7) is 6.69. The predicted octanol–water partition coefficient (Wildman–Crippen LogP) is 0.993. The highest BCUT2D eigenvalue weighted by Gasteiger charge is 2.21. The van der Waals surface area contributed by atoms with E-state index in [0.717, 1.165) is 5.56 Å². The summed E-state index contributed by atoms with van der Waals surface area (Å²) in [6.07, 6.45) is -0.450. The Labute approximate surface area is 206 Å². The number of alkyl carbamates (subject to hydrolysis) is 2. The molecule has 0 saturated heterocycles. The first-order valence-electron chi connectivity index (χ1n) is 11.4.